The van der Waals surface area contributed by atoms with Crippen molar-refractivity contribution < 1.29 is 14.3 Å². The fraction of sp³-hybridized carbons (Fsp3) is 0.227. The second-order valence-corrected chi connectivity index (χ2v) is 6.59. The highest BCUT2D eigenvalue weighted by molar-refractivity contribution is 5.96. The molecule has 3 aromatic rings. The fourth-order valence-corrected chi connectivity index (χ4v) is 3.09. The van der Waals surface area contributed by atoms with Crippen LogP contribution in [0.4, 0.5) is 5.69 Å². The summed E-state index contributed by atoms with van der Waals surface area (Å²) in [6.45, 7) is 0. The molecule has 1 unspecified atom stereocenters. The van der Waals surface area contributed by atoms with E-state index in [-0.39, 0.29) is 18.2 Å². The van der Waals surface area contributed by atoms with E-state index < -0.39 is 5.92 Å². The Morgan fingerprint density at radius 2 is 1.93 bits per heavy atom. The van der Waals surface area contributed by atoms with Crippen molar-refractivity contribution in [2.75, 3.05) is 19.5 Å². The standard InChI is InChI=1S/C22H24N4O3/c1-23-21(27)11-10-20(16-4-3-5-19(12-16)29-2)22(28)26-18-8-6-15(7-9-18)17-13-24-25-14-17/h3-9,12-14,20H,10-11H2,1-2H3,(H,23,27)(H,24,25)(H,26,28). The van der Waals surface area contributed by atoms with Crippen LogP contribution in [0.15, 0.2) is 60.9 Å². The molecule has 150 valence electrons. The van der Waals surface area contributed by atoms with E-state index in [0.29, 0.717) is 17.9 Å². The third-order valence-corrected chi connectivity index (χ3v) is 4.74. The van der Waals surface area contributed by atoms with E-state index >= 15 is 0 Å². The third-order valence-electron chi connectivity index (χ3n) is 4.74. The Kier molecular flexibility index (Phi) is 6.63. The number of ether oxygens (including phenoxy) is 1. The molecule has 3 rings (SSSR count). The number of anilines is 1. The van der Waals surface area contributed by atoms with E-state index in [9.17, 15) is 9.59 Å². The molecular weight excluding hydrogens is 368 g/mol. The summed E-state index contributed by atoms with van der Waals surface area (Å²) in [4.78, 5) is 24.8. The zero-order valence-corrected chi connectivity index (χ0v) is 16.4. The van der Waals surface area contributed by atoms with E-state index in [0.717, 1.165) is 16.7 Å². The maximum Gasteiger partial charge on any atom is 0.231 e. The number of aromatic amines is 1. The van der Waals surface area contributed by atoms with Crippen LogP contribution in [0.1, 0.15) is 24.3 Å². The lowest BCUT2D eigenvalue weighted by atomic mass is 9.92. The minimum Gasteiger partial charge on any atom is -0.497 e. The van der Waals surface area contributed by atoms with Crippen molar-refractivity contribution in [3.8, 4) is 16.9 Å². The van der Waals surface area contributed by atoms with Crippen LogP contribution in [0.2, 0.25) is 0 Å². The largest absolute Gasteiger partial charge is 0.497 e. The van der Waals surface area contributed by atoms with Crippen LogP contribution < -0.4 is 15.4 Å². The number of carbonyl (C=O) groups excluding carboxylic acids is 2. The molecular formula is C22H24N4O3. The number of amides is 2. The number of benzene rings is 2. The summed E-state index contributed by atoms with van der Waals surface area (Å²) in [5.74, 6) is -0.0750. The van der Waals surface area contributed by atoms with E-state index in [2.05, 4.69) is 20.8 Å². The summed E-state index contributed by atoms with van der Waals surface area (Å²) in [7, 11) is 3.17. The molecule has 7 nitrogen and oxygen atoms in total. The van der Waals surface area contributed by atoms with Crippen molar-refractivity contribution in [3.05, 3.63) is 66.5 Å². The number of rotatable bonds is 8. The number of H-pyrrole nitrogens is 1. The Hall–Kier alpha value is -3.61. The molecule has 0 aliphatic rings. The van der Waals surface area contributed by atoms with Crippen LogP contribution in [0, 0.1) is 0 Å². The van der Waals surface area contributed by atoms with Gasteiger partial charge in [-0.15, -0.1) is 0 Å². The molecule has 2 amide bonds. The Labute approximate surface area is 169 Å². The highest BCUT2D eigenvalue weighted by atomic mass is 16.5. The van der Waals surface area contributed by atoms with Crippen LogP contribution in [-0.4, -0.2) is 36.2 Å². The molecule has 0 saturated heterocycles. The van der Waals surface area contributed by atoms with Crippen LogP contribution in [0.5, 0.6) is 5.75 Å². The van der Waals surface area contributed by atoms with Crippen molar-refractivity contribution in [2.24, 2.45) is 0 Å². The molecule has 1 heterocycles. The van der Waals surface area contributed by atoms with Crippen molar-refractivity contribution in [2.45, 2.75) is 18.8 Å². The maximum atomic E-state index is 13.0. The third kappa shape index (κ3) is 5.22. The molecule has 0 radical (unpaired) electrons. The monoisotopic (exact) mass is 392 g/mol. The molecule has 3 N–H and O–H groups in total. The first-order chi connectivity index (χ1) is 14.1. The highest BCUT2D eigenvalue weighted by Crippen LogP contribution is 2.27. The predicted molar refractivity (Wildman–Crippen MR) is 112 cm³/mol. The maximum absolute atomic E-state index is 13.0. The number of nitrogens with one attached hydrogen (secondary N) is 3. The second-order valence-electron chi connectivity index (χ2n) is 6.59. The first-order valence-corrected chi connectivity index (χ1v) is 9.35. The fourth-order valence-electron chi connectivity index (χ4n) is 3.09. The molecule has 2 aromatic carbocycles. The molecule has 29 heavy (non-hydrogen) atoms. The normalized spacial score (nSPS) is 11.5. The SMILES string of the molecule is CNC(=O)CCC(C(=O)Nc1ccc(-c2cn[nH]c2)cc1)c1cccc(OC)c1. The van der Waals surface area contributed by atoms with Gasteiger partial charge in [0.25, 0.3) is 0 Å². The van der Waals surface area contributed by atoms with Gasteiger partial charge in [-0.05, 0) is 41.8 Å². The van der Waals surface area contributed by atoms with Gasteiger partial charge < -0.3 is 15.4 Å². The number of aromatic nitrogens is 2. The van der Waals surface area contributed by atoms with Crippen molar-refractivity contribution >= 4 is 17.5 Å². The van der Waals surface area contributed by atoms with Gasteiger partial charge in [-0.1, -0.05) is 24.3 Å². The molecule has 1 atom stereocenters. The van der Waals surface area contributed by atoms with E-state index in [1.807, 2.05) is 54.7 Å². The van der Waals surface area contributed by atoms with Gasteiger partial charge in [0.05, 0.1) is 19.2 Å². The van der Waals surface area contributed by atoms with Crippen LogP contribution >= 0.6 is 0 Å². The van der Waals surface area contributed by atoms with Gasteiger partial charge in [0.1, 0.15) is 5.75 Å². The van der Waals surface area contributed by atoms with Crippen LogP contribution in [0.25, 0.3) is 11.1 Å². The highest BCUT2D eigenvalue weighted by Gasteiger charge is 2.22. The van der Waals surface area contributed by atoms with E-state index in [1.165, 1.54) is 0 Å². The lowest BCUT2D eigenvalue weighted by Gasteiger charge is -2.18. The summed E-state index contributed by atoms with van der Waals surface area (Å²) in [6, 6.07) is 14.9. The molecule has 0 aliphatic carbocycles. The summed E-state index contributed by atoms with van der Waals surface area (Å²) < 4.78 is 5.28. The minimum atomic E-state index is -0.476. The van der Waals surface area contributed by atoms with Gasteiger partial charge >= 0.3 is 0 Å². The lowest BCUT2D eigenvalue weighted by Crippen LogP contribution is -2.24. The summed E-state index contributed by atoms with van der Waals surface area (Å²) in [5.41, 5.74) is 3.47. The summed E-state index contributed by atoms with van der Waals surface area (Å²) in [5, 5.41) is 12.3. The smallest absolute Gasteiger partial charge is 0.231 e. The average Bonchev–Trinajstić information content (AvgIpc) is 3.29. The van der Waals surface area contributed by atoms with Crippen LogP contribution in [0.3, 0.4) is 0 Å². The number of methoxy groups -OCH3 is 1. The topological polar surface area (TPSA) is 96.1 Å². The first kappa shape index (κ1) is 20.1. The molecule has 1 aromatic heterocycles. The second kappa shape index (κ2) is 9.54. The zero-order chi connectivity index (χ0) is 20.6. The van der Waals surface area contributed by atoms with E-state index in [4.69, 9.17) is 4.74 Å². The van der Waals surface area contributed by atoms with Gasteiger partial charge in [-0.2, -0.15) is 5.10 Å². The van der Waals surface area contributed by atoms with Crippen LogP contribution in [-0.2, 0) is 9.59 Å². The number of hydrogen-bond donors (Lipinski definition) is 3. The molecule has 0 spiro atoms. The minimum absolute atomic E-state index is 0.102. The van der Waals surface area contributed by atoms with E-state index in [1.54, 1.807) is 20.4 Å². The van der Waals surface area contributed by atoms with Crippen molar-refractivity contribution in [1.82, 2.24) is 15.5 Å². The molecule has 0 bridgehead atoms. The number of hydrogen-bond acceptors (Lipinski definition) is 4. The van der Waals surface area contributed by atoms with Gasteiger partial charge in [0.15, 0.2) is 0 Å². The molecule has 7 heteroatoms. The Morgan fingerprint density at radius 1 is 1.14 bits per heavy atom. The Bertz CT molecular complexity index is 952. The van der Waals surface area contributed by atoms with Gasteiger partial charge in [0, 0.05) is 30.9 Å². The summed E-state index contributed by atoms with van der Waals surface area (Å²) >= 11 is 0. The number of carbonyl (C=O) groups is 2. The van der Waals surface area contributed by atoms with Crippen molar-refractivity contribution in [1.29, 1.82) is 0 Å². The number of nitrogens with zero attached hydrogens (tertiary/aromatic N) is 1. The molecule has 0 aliphatic heterocycles. The predicted octanol–water partition coefficient (Wildman–Crippen LogP) is 3.33. The molecule has 0 saturated carbocycles. The molecule has 0 fully saturated rings. The first-order valence-electron chi connectivity index (χ1n) is 9.35. The van der Waals surface area contributed by atoms with Gasteiger partial charge in [-0.25, -0.2) is 0 Å². The van der Waals surface area contributed by atoms with Gasteiger partial charge in [-0.3, -0.25) is 14.7 Å². The van der Waals surface area contributed by atoms with Crippen molar-refractivity contribution in [3.63, 3.8) is 0 Å². The quantitative estimate of drug-likeness (QED) is 0.548. The zero-order valence-electron chi connectivity index (χ0n) is 16.4. The Balaban J connectivity index is 1.77. The van der Waals surface area contributed by atoms with Gasteiger partial charge in [0.2, 0.25) is 11.8 Å². The summed E-state index contributed by atoms with van der Waals surface area (Å²) in [6.07, 6.45) is 4.20. The lowest BCUT2D eigenvalue weighted by molar-refractivity contribution is -0.121. The Morgan fingerprint density at radius 3 is 2.59 bits per heavy atom. The average molecular weight is 392 g/mol.